The van der Waals surface area contributed by atoms with E-state index in [1.165, 1.54) is 0 Å². The summed E-state index contributed by atoms with van der Waals surface area (Å²) in [6.45, 7) is 0.179. The number of aliphatic hydroxyl groups is 1. The molecule has 4 nitrogen and oxygen atoms in total. The number of rotatable bonds is 3. The second-order valence-electron chi connectivity index (χ2n) is 3.58. The lowest BCUT2D eigenvalue weighted by Gasteiger charge is -2.30. The lowest BCUT2D eigenvalue weighted by Crippen LogP contribution is -2.32. The Morgan fingerprint density at radius 3 is 3.00 bits per heavy atom. The van der Waals surface area contributed by atoms with E-state index < -0.39 is 6.52 Å². The Balaban J connectivity index is 2.36. The van der Waals surface area contributed by atoms with E-state index in [1.807, 2.05) is 4.90 Å². The molecule has 2 rings (SSSR count). The number of nitrogens with zero attached hydrogens (tertiary/aromatic N) is 3. The molecule has 1 aromatic heterocycles. The van der Waals surface area contributed by atoms with Gasteiger partial charge in [-0.3, -0.25) is 0 Å². The van der Waals surface area contributed by atoms with E-state index in [-0.39, 0.29) is 11.9 Å². The van der Waals surface area contributed by atoms with Crippen LogP contribution in [0.3, 0.4) is 0 Å². The average Bonchev–Trinajstić information content (AvgIpc) is 2.28. The van der Waals surface area contributed by atoms with Gasteiger partial charge in [-0.1, -0.05) is 11.6 Å². The topological polar surface area (TPSA) is 49.2 Å². The smallest absolute Gasteiger partial charge is 0.225 e. The quantitative estimate of drug-likeness (QED) is 0.668. The van der Waals surface area contributed by atoms with Gasteiger partial charge in [-0.15, -0.1) is 0 Å². The Morgan fingerprint density at radius 1 is 1.44 bits per heavy atom. The summed E-state index contributed by atoms with van der Waals surface area (Å²) < 4.78 is 7.96. The van der Waals surface area contributed by atoms with Gasteiger partial charge in [-0.2, -0.15) is 0 Å². The highest BCUT2D eigenvalue weighted by Crippen LogP contribution is 2.30. The first-order valence-electron chi connectivity index (χ1n) is 5.73. The van der Waals surface area contributed by atoms with Crippen molar-refractivity contribution < 1.29 is 6.48 Å². The molecule has 1 unspecified atom stereocenters. The monoisotopic (exact) mass is 262 g/mol. The molecule has 0 aromatic carbocycles. The molecule has 88 valence electrons. The normalized spacial score (nSPS) is 17.9. The molecule has 0 saturated carbocycles. The van der Waals surface area contributed by atoms with Crippen molar-refractivity contribution in [2.24, 2.45) is 0 Å². The Labute approximate surface area is 106 Å². The largest absolute Gasteiger partial charge is 0.396 e. The molecule has 16 heavy (non-hydrogen) atoms. The molecule has 1 N–H and O–H groups in total. The van der Waals surface area contributed by atoms with E-state index in [4.69, 9.17) is 29.7 Å². The van der Waals surface area contributed by atoms with E-state index in [2.05, 4.69) is 9.97 Å². The van der Waals surface area contributed by atoms with Crippen LogP contribution in [-0.2, 0) is 6.42 Å². The fraction of sp³-hybridized carbons (Fsp3) is 0.600. The number of fused-ring (bicyclic) bond motifs is 1. The van der Waals surface area contributed by atoms with E-state index in [1.54, 1.807) is 0 Å². The molecular formula is C10H13Cl2N3O. The predicted molar refractivity (Wildman–Crippen MR) is 64.3 cm³/mol. The Kier molecular flexibility index (Phi) is 3.41. The minimum atomic E-state index is -0.527. The Morgan fingerprint density at radius 2 is 2.25 bits per heavy atom. The fourth-order valence-corrected chi connectivity index (χ4v) is 2.26. The number of hydrogen-bond donors (Lipinski definition) is 1. The van der Waals surface area contributed by atoms with Crippen LogP contribution in [0.15, 0.2) is 0 Å². The molecular weight excluding hydrogens is 249 g/mol. The van der Waals surface area contributed by atoms with Crippen LogP contribution in [0.2, 0.25) is 10.4 Å². The predicted octanol–water partition coefficient (Wildman–Crippen LogP) is 1.92. The molecule has 1 aliphatic rings. The molecule has 1 aromatic rings. The summed E-state index contributed by atoms with van der Waals surface area (Å²) in [5.74, 6) is 0.634. The minimum Gasteiger partial charge on any atom is -0.396 e. The standard InChI is InChI=1S/C10H13Cl2N3O/c11-8-7-3-1-4-15(5-2-6-16)9(7)14-10(12)13-8/h16H,1-6H2/i5D. The molecule has 0 bridgehead atoms. The van der Waals surface area contributed by atoms with Gasteiger partial charge in [0.25, 0.3) is 0 Å². The third-order valence-corrected chi connectivity index (χ3v) is 2.97. The third-order valence-electron chi connectivity index (χ3n) is 2.48. The highest BCUT2D eigenvalue weighted by atomic mass is 35.5. The first kappa shape index (κ1) is 10.6. The van der Waals surface area contributed by atoms with Gasteiger partial charge in [-0.05, 0) is 30.9 Å². The van der Waals surface area contributed by atoms with Gasteiger partial charge < -0.3 is 10.0 Å². The number of aliphatic hydroxyl groups excluding tert-OH is 1. The molecule has 0 aliphatic carbocycles. The van der Waals surface area contributed by atoms with Crippen LogP contribution in [-0.4, -0.2) is 34.7 Å². The van der Waals surface area contributed by atoms with E-state index in [0.717, 1.165) is 24.9 Å². The maximum atomic E-state index is 8.89. The van der Waals surface area contributed by atoms with Crippen molar-refractivity contribution in [2.45, 2.75) is 19.3 Å². The number of aromatic nitrogens is 2. The zero-order valence-corrected chi connectivity index (χ0v) is 10.2. The average molecular weight is 263 g/mol. The van der Waals surface area contributed by atoms with Gasteiger partial charge in [0.05, 0.1) is 0 Å². The molecule has 0 fully saturated rings. The third kappa shape index (κ3) is 2.39. The van der Waals surface area contributed by atoms with Gasteiger partial charge in [0, 0.05) is 26.6 Å². The van der Waals surface area contributed by atoms with Crippen LogP contribution in [0.4, 0.5) is 5.82 Å². The van der Waals surface area contributed by atoms with Crippen LogP contribution < -0.4 is 4.90 Å². The molecule has 0 amide bonds. The van der Waals surface area contributed by atoms with Crippen molar-refractivity contribution in [3.05, 3.63) is 16.0 Å². The van der Waals surface area contributed by atoms with Crippen molar-refractivity contribution >= 4 is 29.0 Å². The first-order chi connectivity index (χ1) is 8.13. The van der Waals surface area contributed by atoms with Crippen molar-refractivity contribution in [2.75, 3.05) is 24.6 Å². The zero-order chi connectivity index (χ0) is 12.4. The van der Waals surface area contributed by atoms with Crippen LogP contribution in [0.1, 0.15) is 19.8 Å². The van der Waals surface area contributed by atoms with Gasteiger partial charge in [0.2, 0.25) is 5.28 Å². The lowest BCUT2D eigenvalue weighted by atomic mass is 10.1. The second-order valence-corrected chi connectivity index (χ2v) is 4.27. The van der Waals surface area contributed by atoms with Gasteiger partial charge in [-0.25, -0.2) is 9.97 Å². The summed E-state index contributed by atoms with van der Waals surface area (Å²) >= 11 is 11.8. The SMILES string of the molecule is [2H]C(CCO)N1CCCc2c(Cl)nc(Cl)nc21. The van der Waals surface area contributed by atoms with Crippen LogP contribution in [0.5, 0.6) is 0 Å². The Hall–Kier alpha value is -0.580. The summed E-state index contributed by atoms with van der Waals surface area (Å²) in [6.07, 6.45) is 2.07. The molecule has 6 heteroatoms. The van der Waals surface area contributed by atoms with E-state index in [9.17, 15) is 0 Å². The second kappa shape index (κ2) is 5.17. The molecule has 1 aliphatic heterocycles. The van der Waals surface area contributed by atoms with Crippen molar-refractivity contribution in [3.8, 4) is 0 Å². The highest BCUT2D eigenvalue weighted by Gasteiger charge is 2.21. The summed E-state index contributed by atoms with van der Waals surface area (Å²) in [5, 5.41) is 9.35. The molecule has 1 atom stereocenters. The Bertz CT molecular complexity index is 419. The number of halogens is 2. The molecule has 0 spiro atoms. The van der Waals surface area contributed by atoms with E-state index in [0.29, 0.717) is 17.4 Å². The van der Waals surface area contributed by atoms with Crippen LogP contribution in [0.25, 0.3) is 0 Å². The number of hydrogen-bond acceptors (Lipinski definition) is 4. The van der Waals surface area contributed by atoms with Gasteiger partial charge in [0.1, 0.15) is 11.0 Å². The van der Waals surface area contributed by atoms with Crippen molar-refractivity contribution in [1.82, 2.24) is 9.97 Å². The fourth-order valence-electron chi connectivity index (χ4n) is 1.80. The summed E-state index contributed by atoms with van der Waals surface area (Å²) in [4.78, 5) is 9.88. The van der Waals surface area contributed by atoms with Crippen LogP contribution >= 0.6 is 23.2 Å². The maximum Gasteiger partial charge on any atom is 0.225 e. The van der Waals surface area contributed by atoms with E-state index >= 15 is 0 Å². The molecule has 0 radical (unpaired) electrons. The first-order valence-corrected chi connectivity index (χ1v) is 5.90. The van der Waals surface area contributed by atoms with Crippen molar-refractivity contribution in [3.63, 3.8) is 0 Å². The lowest BCUT2D eigenvalue weighted by molar-refractivity contribution is 0.289. The highest BCUT2D eigenvalue weighted by molar-refractivity contribution is 6.32. The maximum absolute atomic E-state index is 8.89. The minimum absolute atomic E-state index is 0.0213. The zero-order valence-electron chi connectivity index (χ0n) is 9.66. The number of anilines is 1. The summed E-state index contributed by atoms with van der Waals surface area (Å²) in [6, 6.07) is 0. The molecule has 2 heterocycles. The van der Waals surface area contributed by atoms with Crippen LogP contribution in [0, 0.1) is 0 Å². The summed E-state index contributed by atoms with van der Waals surface area (Å²) in [5.41, 5.74) is 0.845. The van der Waals surface area contributed by atoms with Gasteiger partial charge >= 0.3 is 0 Å². The molecule has 0 saturated heterocycles. The van der Waals surface area contributed by atoms with Gasteiger partial charge in [0.15, 0.2) is 0 Å². The van der Waals surface area contributed by atoms with Crippen molar-refractivity contribution in [1.29, 1.82) is 0 Å². The summed E-state index contributed by atoms with van der Waals surface area (Å²) in [7, 11) is 0.